The Hall–Kier alpha value is -2.25. The smallest absolute Gasteiger partial charge is 0.248 e. The predicted octanol–water partition coefficient (Wildman–Crippen LogP) is 1.78. The second kappa shape index (κ2) is 8.19. The number of hydrogen-bond donors (Lipinski definition) is 0. The van der Waals surface area contributed by atoms with E-state index in [1.165, 1.54) is 5.69 Å². The molecule has 0 saturated carbocycles. The number of nitrogens with zero attached hydrogens (tertiary/aromatic N) is 5. The van der Waals surface area contributed by atoms with Gasteiger partial charge in [-0.2, -0.15) is 5.10 Å². The summed E-state index contributed by atoms with van der Waals surface area (Å²) in [7, 11) is 0. The first kappa shape index (κ1) is 18.1. The number of ether oxygens (including phenoxy) is 1. The van der Waals surface area contributed by atoms with Gasteiger partial charge < -0.3 is 9.64 Å². The summed E-state index contributed by atoms with van der Waals surface area (Å²) in [6.07, 6.45) is 4.05. The van der Waals surface area contributed by atoms with Crippen LogP contribution in [0.3, 0.4) is 0 Å². The molecule has 1 atom stereocenters. The standard InChI is InChI=1S/C20H27N5O2/c1-16-5-4-6-17(22-16)11-23-12-18-7-8-21-25(18)19(13-23)14-27-15-20(26)24-9-2-3-10-24/h4-8,19H,2-3,9-15H2,1H3. The molecule has 2 aromatic rings. The fraction of sp³-hybridized carbons (Fsp3) is 0.550. The molecule has 1 fully saturated rings. The van der Waals surface area contributed by atoms with E-state index >= 15 is 0 Å². The van der Waals surface area contributed by atoms with Gasteiger partial charge in [-0.15, -0.1) is 0 Å². The van der Waals surface area contributed by atoms with Crippen LogP contribution in [0.2, 0.25) is 0 Å². The summed E-state index contributed by atoms with van der Waals surface area (Å²) in [5.41, 5.74) is 3.29. The third-order valence-corrected chi connectivity index (χ3v) is 5.28. The maximum Gasteiger partial charge on any atom is 0.248 e. The Morgan fingerprint density at radius 2 is 2.11 bits per heavy atom. The van der Waals surface area contributed by atoms with Crippen molar-refractivity contribution in [2.24, 2.45) is 0 Å². The van der Waals surface area contributed by atoms with Gasteiger partial charge in [0, 0.05) is 44.6 Å². The minimum atomic E-state index is 0.102. The molecule has 0 bridgehead atoms. The van der Waals surface area contributed by atoms with Gasteiger partial charge in [-0.3, -0.25) is 19.4 Å². The van der Waals surface area contributed by atoms with Crippen LogP contribution in [0.25, 0.3) is 0 Å². The molecular weight excluding hydrogens is 342 g/mol. The summed E-state index contributed by atoms with van der Waals surface area (Å²) >= 11 is 0. The molecule has 144 valence electrons. The van der Waals surface area contributed by atoms with Crippen LogP contribution in [0, 0.1) is 6.92 Å². The molecule has 7 nitrogen and oxygen atoms in total. The highest BCUT2D eigenvalue weighted by molar-refractivity contribution is 5.77. The molecule has 0 spiro atoms. The maximum absolute atomic E-state index is 12.2. The zero-order valence-corrected chi connectivity index (χ0v) is 15.9. The predicted molar refractivity (Wildman–Crippen MR) is 101 cm³/mol. The molecule has 0 aliphatic carbocycles. The van der Waals surface area contributed by atoms with Gasteiger partial charge in [0.15, 0.2) is 0 Å². The minimum absolute atomic E-state index is 0.102. The van der Waals surface area contributed by atoms with Crippen molar-refractivity contribution in [3.63, 3.8) is 0 Å². The van der Waals surface area contributed by atoms with Crippen LogP contribution in [0.4, 0.5) is 0 Å². The first-order chi connectivity index (χ1) is 13.2. The van der Waals surface area contributed by atoms with Crippen LogP contribution in [0.1, 0.15) is 36.0 Å². The lowest BCUT2D eigenvalue weighted by Gasteiger charge is -2.33. The third-order valence-electron chi connectivity index (χ3n) is 5.28. The number of likely N-dealkylation sites (tertiary alicyclic amines) is 1. The minimum Gasteiger partial charge on any atom is -0.369 e. The summed E-state index contributed by atoms with van der Waals surface area (Å²) in [5, 5.41) is 4.47. The van der Waals surface area contributed by atoms with Crippen molar-refractivity contribution < 1.29 is 9.53 Å². The quantitative estimate of drug-likeness (QED) is 0.777. The van der Waals surface area contributed by atoms with Gasteiger partial charge in [-0.25, -0.2) is 0 Å². The summed E-state index contributed by atoms with van der Waals surface area (Å²) in [6.45, 7) is 6.89. The Kier molecular flexibility index (Phi) is 5.50. The van der Waals surface area contributed by atoms with Gasteiger partial charge >= 0.3 is 0 Å². The zero-order chi connectivity index (χ0) is 18.6. The molecule has 4 heterocycles. The van der Waals surface area contributed by atoms with Crippen LogP contribution >= 0.6 is 0 Å². The second-order valence-corrected chi connectivity index (χ2v) is 7.46. The monoisotopic (exact) mass is 369 g/mol. The van der Waals surface area contributed by atoms with Crippen molar-refractivity contribution in [3.05, 3.63) is 47.5 Å². The summed E-state index contributed by atoms with van der Waals surface area (Å²) in [4.78, 5) is 21.1. The van der Waals surface area contributed by atoms with Crippen LogP contribution in [0.5, 0.6) is 0 Å². The second-order valence-electron chi connectivity index (χ2n) is 7.46. The van der Waals surface area contributed by atoms with Crippen molar-refractivity contribution >= 4 is 5.91 Å². The van der Waals surface area contributed by atoms with Gasteiger partial charge in [0.05, 0.1) is 24.0 Å². The van der Waals surface area contributed by atoms with Crippen LogP contribution < -0.4 is 0 Å². The average molecular weight is 369 g/mol. The maximum atomic E-state index is 12.2. The SMILES string of the molecule is Cc1cccc(CN2Cc3ccnn3C(COCC(=O)N3CCCC3)C2)n1. The van der Waals surface area contributed by atoms with Crippen LogP contribution in [0.15, 0.2) is 30.5 Å². The summed E-state index contributed by atoms with van der Waals surface area (Å²) in [6, 6.07) is 8.30. The zero-order valence-electron chi connectivity index (χ0n) is 15.9. The highest BCUT2D eigenvalue weighted by atomic mass is 16.5. The van der Waals surface area contributed by atoms with E-state index in [1.807, 2.05) is 28.8 Å². The largest absolute Gasteiger partial charge is 0.369 e. The van der Waals surface area contributed by atoms with Crippen molar-refractivity contribution in [2.75, 3.05) is 32.8 Å². The van der Waals surface area contributed by atoms with Gasteiger partial charge in [0.2, 0.25) is 5.91 Å². The number of carbonyl (C=O) groups excluding carboxylic acids is 1. The molecule has 7 heteroatoms. The van der Waals surface area contributed by atoms with Gasteiger partial charge in [-0.05, 0) is 38.0 Å². The molecule has 0 aromatic carbocycles. The number of aryl methyl sites for hydroxylation is 1. The number of hydrogen-bond acceptors (Lipinski definition) is 5. The van der Waals surface area contributed by atoms with E-state index in [-0.39, 0.29) is 18.6 Å². The van der Waals surface area contributed by atoms with E-state index in [4.69, 9.17) is 4.74 Å². The molecule has 0 radical (unpaired) electrons. The van der Waals surface area contributed by atoms with Crippen molar-refractivity contribution in [1.82, 2.24) is 24.6 Å². The summed E-state index contributed by atoms with van der Waals surface area (Å²) in [5.74, 6) is 0.102. The molecule has 2 aliphatic heterocycles. The Balaban J connectivity index is 1.36. The number of rotatable bonds is 6. The van der Waals surface area contributed by atoms with E-state index in [1.54, 1.807) is 0 Å². The third kappa shape index (κ3) is 4.36. The number of aromatic nitrogens is 3. The Morgan fingerprint density at radius 3 is 2.93 bits per heavy atom. The van der Waals surface area contributed by atoms with Gasteiger partial charge in [0.1, 0.15) is 6.61 Å². The van der Waals surface area contributed by atoms with E-state index in [9.17, 15) is 4.79 Å². The fourth-order valence-corrected chi connectivity index (χ4v) is 3.97. The Morgan fingerprint density at radius 1 is 1.26 bits per heavy atom. The molecule has 2 aliphatic rings. The van der Waals surface area contributed by atoms with Gasteiger partial charge in [0.25, 0.3) is 0 Å². The van der Waals surface area contributed by atoms with Crippen molar-refractivity contribution in [2.45, 2.75) is 38.9 Å². The molecule has 27 heavy (non-hydrogen) atoms. The number of fused-ring (bicyclic) bond motifs is 1. The fourth-order valence-electron chi connectivity index (χ4n) is 3.97. The van der Waals surface area contributed by atoms with Crippen molar-refractivity contribution in [1.29, 1.82) is 0 Å². The molecule has 1 amide bonds. The lowest BCUT2D eigenvalue weighted by Crippen LogP contribution is -2.40. The van der Waals surface area contributed by atoms with E-state index in [0.29, 0.717) is 6.61 Å². The van der Waals surface area contributed by atoms with E-state index < -0.39 is 0 Å². The van der Waals surface area contributed by atoms with Crippen LogP contribution in [-0.4, -0.2) is 63.3 Å². The topological polar surface area (TPSA) is 63.5 Å². The van der Waals surface area contributed by atoms with E-state index in [0.717, 1.165) is 57.0 Å². The molecule has 4 rings (SSSR count). The summed E-state index contributed by atoms with van der Waals surface area (Å²) < 4.78 is 7.84. The Labute approximate surface area is 159 Å². The molecule has 2 aromatic heterocycles. The van der Waals surface area contributed by atoms with Gasteiger partial charge in [-0.1, -0.05) is 6.07 Å². The van der Waals surface area contributed by atoms with Crippen molar-refractivity contribution in [3.8, 4) is 0 Å². The molecular formula is C20H27N5O2. The number of amides is 1. The highest BCUT2D eigenvalue weighted by Gasteiger charge is 2.26. The lowest BCUT2D eigenvalue weighted by atomic mass is 10.2. The molecule has 1 unspecified atom stereocenters. The molecule has 1 saturated heterocycles. The lowest BCUT2D eigenvalue weighted by molar-refractivity contribution is -0.135. The first-order valence-corrected chi connectivity index (χ1v) is 9.72. The average Bonchev–Trinajstić information content (AvgIpc) is 3.33. The number of pyridine rings is 1. The molecule has 0 N–H and O–H groups in total. The normalized spacial score (nSPS) is 20.0. The highest BCUT2D eigenvalue weighted by Crippen LogP contribution is 2.22. The Bertz CT molecular complexity index is 784. The number of carbonyl (C=O) groups is 1. The van der Waals surface area contributed by atoms with E-state index in [2.05, 4.69) is 33.2 Å². The first-order valence-electron chi connectivity index (χ1n) is 9.72. The van der Waals surface area contributed by atoms with Crippen LogP contribution in [-0.2, 0) is 22.6 Å².